The summed E-state index contributed by atoms with van der Waals surface area (Å²) in [7, 11) is 0. The molecular formula is C16H22O3. The normalized spacial score (nSPS) is 10.2. The molecule has 0 aromatic heterocycles. The van der Waals surface area contributed by atoms with Gasteiger partial charge in [0, 0.05) is 18.4 Å². The summed E-state index contributed by atoms with van der Waals surface area (Å²) in [6.07, 6.45) is 4.76. The van der Waals surface area contributed by atoms with E-state index in [0.29, 0.717) is 19.4 Å². The van der Waals surface area contributed by atoms with Crippen LogP contribution in [0.3, 0.4) is 0 Å². The lowest BCUT2D eigenvalue weighted by Gasteiger charge is -2.02. The molecule has 0 unspecified atom stereocenters. The number of Topliss-reactive ketones (excluding diaryl/α,β-unsaturated/α-hetero) is 1. The SMILES string of the molecule is CCOC(=O)CCCCCCC(=O)c1ccccc1. The second-order valence-electron chi connectivity index (χ2n) is 4.51. The molecule has 0 spiro atoms. The molecule has 0 N–H and O–H groups in total. The average molecular weight is 262 g/mol. The predicted octanol–water partition coefficient (Wildman–Crippen LogP) is 3.77. The maximum absolute atomic E-state index is 11.8. The summed E-state index contributed by atoms with van der Waals surface area (Å²) in [6, 6.07) is 9.37. The van der Waals surface area contributed by atoms with E-state index in [1.807, 2.05) is 37.3 Å². The minimum absolute atomic E-state index is 0.122. The Labute approximate surface area is 115 Å². The lowest BCUT2D eigenvalue weighted by Crippen LogP contribution is -2.03. The summed E-state index contributed by atoms with van der Waals surface area (Å²) >= 11 is 0. The van der Waals surface area contributed by atoms with E-state index >= 15 is 0 Å². The van der Waals surface area contributed by atoms with Crippen molar-refractivity contribution in [2.45, 2.75) is 45.4 Å². The number of unbranched alkanes of at least 4 members (excludes halogenated alkanes) is 3. The Balaban J connectivity index is 2.05. The van der Waals surface area contributed by atoms with Crippen LogP contribution < -0.4 is 0 Å². The van der Waals surface area contributed by atoms with Crippen molar-refractivity contribution in [2.75, 3.05) is 6.61 Å². The second-order valence-corrected chi connectivity index (χ2v) is 4.51. The van der Waals surface area contributed by atoms with E-state index in [9.17, 15) is 9.59 Å². The molecule has 0 fully saturated rings. The molecule has 3 heteroatoms. The summed E-state index contributed by atoms with van der Waals surface area (Å²) in [6.45, 7) is 2.26. The fraction of sp³-hybridized carbons (Fsp3) is 0.500. The first-order valence-electron chi connectivity index (χ1n) is 6.98. The van der Waals surface area contributed by atoms with Crippen LogP contribution in [0.5, 0.6) is 0 Å². The van der Waals surface area contributed by atoms with Crippen LogP contribution in [0.25, 0.3) is 0 Å². The quantitative estimate of drug-likeness (QED) is 0.386. The first-order valence-corrected chi connectivity index (χ1v) is 6.98. The van der Waals surface area contributed by atoms with Crippen molar-refractivity contribution in [2.24, 2.45) is 0 Å². The number of hydrogen-bond acceptors (Lipinski definition) is 3. The van der Waals surface area contributed by atoms with Crippen molar-refractivity contribution in [3.8, 4) is 0 Å². The third kappa shape index (κ3) is 6.75. The van der Waals surface area contributed by atoms with Gasteiger partial charge in [0.2, 0.25) is 0 Å². The smallest absolute Gasteiger partial charge is 0.305 e. The van der Waals surface area contributed by atoms with Gasteiger partial charge in [-0.3, -0.25) is 9.59 Å². The molecule has 1 aromatic rings. The van der Waals surface area contributed by atoms with E-state index in [-0.39, 0.29) is 11.8 Å². The van der Waals surface area contributed by atoms with Crippen molar-refractivity contribution >= 4 is 11.8 Å². The van der Waals surface area contributed by atoms with Crippen molar-refractivity contribution < 1.29 is 14.3 Å². The maximum atomic E-state index is 11.8. The summed E-state index contributed by atoms with van der Waals surface area (Å²) in [5.41, 5.74) is 0.786. The van der Waals surface area contributed by atoms with Gasteiger partial charge in [-0.1, -0.05) is 43.2 Å². The van der Waals surface area contributed by atoms with E-state index in [0.717, 1.165) is 31.2 Å². The first-order chi connectivity index (χ1) is 9.24. The molecule has 0 aliphatic heterocycles. The van der Waals surface area contributed by atoms with Crippen LogP contribution in [0.4, 0.5) is 0 Å². The zero-order valence-electron chi connectivity index (χ0n) is 11.6. The van der Waals surface area contributed by atoms with Gasteiger partial charge >= 0.3 is 5.97 Å². The molecule has 104 valence electrons. The van der Waals surface area contributed by atoms with E-state index in [1.54, 1.807) is 0 Å². The monoisotopic (exact) mass is 262 g/mol. The highest BCUT2D eigenvalue weighted by molar-refractivity contribution is 5.95. The Kier molecular flexibility index (Phi) is 7.56. The maximum Gasteiger partial charge on any atom is 0.305 e. The van der Waals surface area contributed by atoms with Gasteiger partial charge in [0.25, 0.3) is 0 Å². The largest absolute Gasteiger partial charge is 0.466 e. The third-order valence-electron chi connectivity index (χ3n) is 2.94. The zero-order valence-corrected chi connectivity index (χ0v) is 11.6. The molecule has 0 heterocycles. The molecule has 1 rings (SSSR count). The zero-order chi connectivity index (χ0) is 13.9. The van der Waals surface area contributed by atoms with Crippen LogP contribution in [0, 0.1) is 0 Å². The van der Waals surface area contributed by atoms with Gasteiger partial charge in [-0.05, 0) is 19.8 Å². The van der Waals surface area contributed by atoms with E-state index in [1.165, 1.54) is 0 Å². The summed E-state index contributed by atoms with van der Waals surface area (Å²) < 4.78 is 4.85. The van der Waals surface area contributed by atoms with E-state index < -0.39 is 0 Å². The fourth-order valence-electron chi connectivity index (χ4n) is 1.91. The van der Waals surface area contributed by atoms with Crippen molar-refractivity contribution in [1.82, 2.24) is 0 Å². The van der Waals surface area contributed by atoms with Crippen molar-refractivity contribution in [3.63, 3.8) is 0 Å². The molecule has 0 bridgehead atoms. The number of carbonyl (C=O) groups is 2. The number of carbonyl (C=O) groups excluding carboxylic acids is 2. The number of hydrogen-bond donors (Lipinski definition) is 0. The molecule has 19 heavy (non-hydrogen) atoms. The highest BCUT2D eigenvalue weighted by Gasteiger charge is 2.05. The minimum atomic E-state index is -0.122. The van der Waals surface area contributed by atoms with Crippen LogP contribution in [0.1, 0.15) is 55.8 Å². The Morgan fingerprint density at radius 2 is 1.58 bits per heavy atom. The molecule has 0 aliphatic rings. The van der Waals surface area contributed by atoms with Crippen molar-refractivity contribution in [1.29, 1.82) is 0 Å². The highest BCUT2D eigenvalue weighted by atomic mass is 16.5. The van der Waals surface area contributed by atoms with Gasteiger partial charge in [0.05, 0.1) is 6.61 Å². The standard InChI is InChI=1S/C16H22O3/c1-2-19-16(18)13-9-4-3-8-12-15(17)14-10-6-5-7-11-14/h5-7,10-11H,2-4,8-9,12-13H2,1H3. The number of rotatable bonds is 9. The minimum Gasteiger partial charge on any atom is -0.466 e. The van der Waals surface area contributed by atoms with Gasteiger partial charge in [-0.25, -0.2) is 0 Å². The first kappa shape index (κ1) is 15.4. The van der Waals surface area contributed by atoms with E-state index in [2.05, 4.69) is 0 Å². The molecule has 3 nitrogen and oxygen atoms in total. The average Bonchev–Trinajstić information content (AvgIpc) is 2.43. The Bertz CT molecular complexity index is 384. The van der Waals surface area contributed by atoms with Gasteiger partial charge in [0.1, 0.15) is 0 Å². The topological polar surface area (TPSA) is 43.4 Å². The number of benzene rings is 1. The molecule has 0 amide bonds. The highest BCUT2D eigenvalue weighted by Crippen LogP contribution is 2.10. The molecule has 0 saturated heterocycles. The van der Waals surface area contributed by atoms with Gasteiger partial charge < -0.3 is 4.74 Å². The van der Waals surface area contributed by atoms with Crippen LogP contribution >= 0.6 is 0 Å². The lowest BCUT2D eigenvalue weighted by atomic mass is 10.0. The molecule has 0 radical (unpaired) electrons. The Hall–Kier alpha value is -1.64. The Morgan fingerprint density at radius 1 is 0.947 bits per heavy atom. The molecular weight excluding hydrogens is 240 g/mol. The third-order valence-corrected chi connectivity index (χ3v) is 2.94. The van der Waals surface area contributed by atoms with Crippen LogP contribution in [-0.4, -0.2) is 18.4 Å². The molecule has 0 aliphatic carbocycles. The van der Waals surface area contributed by atoms with Gasteiger partial charge in [0.15, 0.2) is 5.78 Å². The van der Waals surface area contributed by atoms with Gasteiger partial charge in [-0.15, -0.1) is 0 Å². The predicted molar refractivity (Wildman–Crippen MR) is 75.1 cm³/mol. The molecule has 0 atom stereocenters. The lowest BCUT2D eigenvalue weighted by molar-refractivity contribution is -0.143. The van der Waals surface area contributed by atoms with Gasteiger partial charge in [-0.2, -0.15) is 0 Å². The summed E-state index contributed by atoms with van der Waals surface area (Å²) in [4.78, 5) is 22.9. The van der Waals surface area contributed by atoms with E-state index in [4.69, 9.17) is 4.74 Å². The fourth-order valence-corrected chi connectivity index (χ4v) is 1.91. The number of ketones is 1. The Morgan fingerprint density at radius 3 is 2.21 bits per heavy atom. The van der Waals surface area contributed by atoms with Crippen LogP contribution in [-0.2, 0) is 9.53 Å². The number of esters is 1. The number of ether oxygens (including phenoxy) is 1. The summed E-state index contributed by atoms with van der Waals surface area (Å²) in [5, 5.41) is 0. The van der Waals surface area contributed by atoms with Crippen molar-refractivity contribution in [3.05, 3.63) is 35.9 Å². The molecule has 1 aromatic carbocycles. The summed E-state index contributed by atoms with van der Waals surface area (Å²) in [5.74, 6) is 0.0776. The second kappa shape index (κ2) is 9.31. The molecule has 0 saturated carbocycles. The van der Waals surface area contributed by atoms with Crippen LogP contribution in [0.2, 0.25) is 0 Å². The van der Waals surface area contributed by atoms with Crippen LogP contribution in [0.15, 0.2) is 30.3 Å².